The first-order chi connectivity index (χ1) is 9.38. The first kappa shape index (κ1) is 14.6. The van der Waals surface area contributed by atoms with Gasteiger partial charge in [0.1, 0.15) is 11.5 Å². The lowest BCUT2D eigenvalue weighted by Crippen LogP contribution is -2.10. The number of aliphatic hydroxyl groups is 1. The molecule has 20 heavy (non-hydrogen) atoms. The first-order valence-electron chi connectivity index (χ1n) is 6.93. The van der Waals surface area contributed by atoms with Gasteiger partial charge in [0.05, 0.1) is 6.10 Å². The summed E-state index contributed by atoms with van der Waals surface area (Å²) in [6, 6.07) is 15.7. The summed E-state index contributed by atoms with van der Waals surface area (Å²) in [6.07, 6.45) is -0.542. The second kappa shape index (κ2) is 5.68. The molecule has 1 atom stereocenters. The molecule has 106 valence electrons. The second-order valence-electron chi connectivity index (χ2n) is 6.09. The number of ether oxygens (including phenoxy) is 1. The van der Waals surface area contributed by atoms with E-state index >= 15 is 0 Å². The fourth-order valence-corrected chi connectivity index (χ4v) is 2.07. The van der Waals surface area contributed by atoms with Gasteiger partial charge in [0.25, 0.3) is 0 Å². The SMILES string of the molecule is C[C@H](O)c1ccccc1Oc1ccc(C(C)(C)C)cc1. The molecule has 0 spiro atoms. The number of rotatable bonds is 3. The van der Waals surface area contributed by atoms with E-state index in [1.54, 1.807) is 6.92 Å². The van der Waals surface area contributed by atoms with E-state index in [0.717, 1.165) is 11.3 Å². The number of para-hydroxylation sites is 1. The molecule has 0 radical (unpaired) electrons. The maximum Gasteiger partial charge on any atom is 0.133 e. The summed E-state index contributed by atoms with van der Waals surface area (Å²) in [5, 5.41) is 9.75. The van der Waals surface area contributed by atoms with Gasteiger partial charge in [-0.3, -0.25) is 0 Å². The van der Waals surface area contributed by atoms with Gasteiger partial charge in [0, 0.05) is 5.56 Å². The van der Waals surface area contributed by atoms with Crippen molar-refractivity contribution in [2.75, 3.05) is 0 Å². The van der Waals surface area contributed by atoms with Crippen LogP contribution in [0, 0.1) is 0 Å². The topological polar surface area (TPSA) is 29.5 Å². The Morgan fingerprint density at radius 1 is 0.950 bits per heavy atom. The summed E-state index contributed by atoms with van der Waals surface area (Å²) in [7, 11) is 0. The fraction of sp³-hybridized carbons (Fsp3) is 0.333. The summed E-state index contributed by atoms with van der Waals surface area (Å²) < 4.78 is 5.88. The highest BCUT2D eigenvalue weighted by Gasteiger charge is 2.14. The van der Waals surface area contributed by atoms with E-state index in [-0.39, 0.29) is 5.41 Å². The van der Waals surface area contributed by atoms with E-state index in [2.05, 4.69) is 32.9 Å². The molecule has 0 saturated heterocycles. The number of hydrogen-bond acceptors (Lipinski definition) is 2. The molecule has 0 fully saturated rings. The number of benzene rings is 2. The Kier molecular flexibility index (Phi) is 4.15. The summed E-state index contributed by atoms with van der Waals surface area (Å²) in [5.41, 5.74) is 2.21. The molecule has 0 unspecified atom stereocenters. The van der Waals surface area contributed by atoms with Crippen molar-refractivity contribution in [2.24, 2.45) is 0 Å². The molecule has 2 heteroatoms. The van der Waals surface area contributed by atoms with Gasteiger partial charge in [-0.25, -0.2) is 0 Å². The van der Waals surface area contributed by atoms with Crippen molar-refractivity contribution in [3.63, 3.8) is 0 Å². The van der Waals surface area contributed by atoms with Gasteiger partial charge in [-0.15, -0.1) is 0 Å². The van der Waals surface area contributed by atoms with Crippen molar-refractivity contribution in [3.05, 3.63) is 59.7 Å². The molecular formula is C18H22O2. The Morgan fingerprint density at radius 2 is 1.55 bits per heavy atom. The third-order valence-corrected chi connectivity index (χ3v) is 3.32. The van der Waals surface area contributed by atoms with E-state index in [9.17, 15) is 5.11 Å². The molecule has 2 rings (SSSR count). The minimum absolute atomic E-state index is 0.135. The first-order valence-corrected chi connectivity index (χ1v) is 6.93. The molecule has 2 aromatic rings. The van der Waals surface area contributed by atoms with Crippen molar-refractivity contribution >= 4 is 0 Å². The standard InChI is InChI=1S/C18H22O2/c1-13(19)16-7-5-6-8-17(16)20-15-11-9-14(10-12-15)18(2,3)4/h5-13,19H,1-4H3/t13-/m0/s1. The van der Waals surface area contributed by atoms with Gasteiger partial charge < -0.3 is 9.84 Å². The smallest absolute Gasteiger partial charge is 0.133 e. The van der Waals surface area contributed by atoms with Crippen molar-refractivity contribution in [1.29, 1.82) is 0 Å². The third-order valence-electron chi connectivity index (χ3n) is 3.32. The van der Waals surface area contributed by atoms with Crippen LogP contribution in [0.2, 0.25) is 0 Å². The highest BCUT2D eigenvalue weighted by molar-refractivity contribution is 5.40. The molecule has 2 nitrogen and oxygen atoms in total. The molecular weight excluding hydrogens is 248 g/mol. The Hall–Kier alpha value is -1.80. The van der Waals surface area contributed by atoms with E-state index in [0.29, 0.717) is 5.75 Å². The Balaban J connectivity index is 2.23. The van der Waals surface area contributed by atoms with Crippen molar-refractivity contribution < 1.29 is 9.84 Å². The van der Waals surface area contributed by atoms with Gasteiger partial charge in [0.2, 0.25) is 0 Å². The van der Waals surface area contributed by atoms with Crippen molar-refractivity contribution in [3.8, 4) is 11.5 Å². The maximum atomic E-state index is 9.75. The molecule has 0 aliphatic carbocycles. The molecule has 0 aromatic heterocycles. The average Bonchev–Trinajstić information content (AvgIpc) is 2.38. The molecule has 0 saturated carbocycles. The van der Waals surface area contributed by atoms with Crippen LogP contribution < -0.4 is 4.74 Å². The highest BCUT2D eigenvalue weighted by atomic mass is 16.5. The molecule has 2 aromatic carbocycles. The zero-order valence-electron chi connectivity index (χ0n) is 12.6. The minimum atomic E-state index is -0.542. The number of hydrogen-bond donors (Lipinski definition) is 1. The zero-order valence-corrected chi connectivity index (χ0v) is 12.6. The number of aliphatic hydroxyl groups excluding tert-OH is 1. The summed E-state index contributed by atoms with van der Waals surface area (Å²) in [5.74, 6) is 1.48. The second-order valence-corrected chi connectivity index (χ2v) is 6.09. The van der Waals surface area contributed by atoms with Crippen LogP contribution in [0.3, 0.4) is 0 Å². The normalized spacial score (nSPS) is 13.1. The van der Waals surface area contributed by atoms with Crippen LogP contribution in [0.5, 0.6) is 11.5 Å². The summed E-state index contributed by atoms with van der Waals surface area (Å²) >= 11 is 0. The molecule has 0 heterocycles. The van der Waals surface area contributed by atoms with Gasteiger partial charge in [-0.2, -0.15) is 0 Å². The monoisotopic (exact) mass is 270 g/mol. The lowest BCUT2D eigenvalue weighted by Gasteiger charge is -2.19. The van der Waals surface area contributed by atoms with Crippen LogP contribution in [0.1, 0.15) is 44.9 Å². The quantitative estimate of drug-likeness (QED) is 0.865. The molecule has 0 aliphatic rings. The molecule has 0 amide bonds. The minimum Gasteiger partial charge on any atom is -0.457 e. The van der Waals surface area contributed by atoms with Gasteiger partial charge >= 0.3 is 0 Å². The largest absolute Gasteiger partial charge is 0.457 e. The lowest BCUT2D eigenvalue weighted by atomic mass is 9.87. The zero-order chi connectivity index (χ0) is 14.8. The lowest BCUT2D eigenvalue weighted by molar-refractivity contribution is 0.195. The van der Waals surface area contributed by atoms with Crippen molar-refractivity contribution in [1.82, 2.24) is 0 Å². The van der Waals surface area contributed by atoms with Crippen LogP contribution in [0.4, 0.5) is 0 Å². The predicted octanol–water partition coefficient (Wildman–Crippen LogP) is 4.83. The third kappa shape index (κ3) is 3.40. The molecule has 0 bridgehead atoms. The molecule has 1 N–H and O–H groups in total. The van der Waals surface area contributed by atoms with Crippen LogP contribution in [0.25, 0.3) is 0 Å². The van der Waals surface area contributed by atoms with Crippen LogP contribution >= 0.6 is 0 Å². The highest BCUT2D eigenvalue weighted by Crippen LogP contribution is 2.31. The van der Waals surface area contributed by atoms with Gasteiger partial charge in [-0.1, -0.05) is 51.1 Å². The van der Waals surface area contributed by atoms with E-state index in [1.807, 2.05) is 36.4 Å². The van der Waals surface area contributed by atoms with Crippen molar-refractivity contribution in [2.45, 2.75) is 39.2 Å². The predicted molar refractivity (Wildman–Crippen MR) is 82.3 cm³/mol. The van der Waals surface area contributed by atoms with E-state index < -0.39 is 6.10 Å². The van der Waals surface area contributed by atoms with Crippen LogP contribution in [-0.4, -0.2) is 5.11 Å². The van der Waals surface area contributed by atoms with Gasteiger partial charge in [0.15, 0.2) is 0 Å². The Morgan fingerprint density at radius 3 is 2.10 bits per heavy atom. The van der Waals surface area contributed by atoms with Crippen LogP contribution in [-0.2, 0) is 5.41 Å². The van der Waals surface area contributed by atoms with Gasteiger partial charge in [-0.05, 0) is 36.1 Å². The Bertz CT molecular complexity index is 563. The van der Waals surface area contributed by atoms with Crippen LogP contribution in [0.15, 0.2) is 48.5 Å². The van der Waals surface area contributed by atoms with E-state index in [4.69, 9.17) is 4.74 Å². The summed E-state index contributed by atoms with van der Waals surface area (Å²) in [4.78, 5) is 0. The maximum absolute atomic E-state index is 9.75. The van der Waals surface area contributed by atoms with E-state index in [1.165, 1.54) is 5.56 Å². The fourth-order valence-electron chi connectivity index (χ4n) is 2.07. The summed E-state index contributed by atoms with van der Waals surface area (Å²) in [6.45, 7) is 8.30. The Labute approximate surface area is 121 Å². The average molecular weight is 270 g/mol. The molecule has 0 aliphatic heterocycles.